The SMILES string of the molecule is CCOC(=O)C(=O)/C=C(\OC)c1ccccc1. The quantitative estimate of drug-likeness (QED) is 0.337. The molecule has 1 rings (SSSR count). The van der Waals surface area contributed by atoms with E-state index in [1.165, 1.54) is 7.11 Å². The van der Waals surface area contributed by atoms with Crippen LogP contribution in [0.15, 0.2) is 36.4 Å². The van der Waals surface area contributed by atoms with Crippen LogP contribution in [0.3, 0.4) is 0 Å². The molecule has 4 nitrogen and oxygen atoms in total. The fraction of sp³-hybridized carbons (Fsp3) is 0.231. The molecule has 0 aliphatic rings. The normalized spacial score (nSPS) is 10.8. The average molecular weight is 234 g/mol. The van der Waals surface area contributed by atoms with Crippen LogP contribution in [0.1, 0.15) is 12.5 Å². The van der Waals surface area contributed by atoms with Crippen LogP contribution in [-0.4, -0.2) is 25.5 Å². The summed E-state index contributed by atoms with van der Waals surface area (Å²) in [4.78, 5) is 22.6. The van der Waals surface area contributed by atoms with Gasteiger partial charge in [0.05, 0.1) is 13.7 Å². The smallest absolute Gasteiger partial charge is 0.379 e. The minimum absolute atomic E-state index is 0.173. The fourth-order valence-corrected chi connectivity index (χ4v) is 1.24. The van der Waals surface area contributed by atoms with Crippen LogP contribution in [0.5, 0.6) is 0 Å². The van der Waals surface area contributed by atoms with Gasteiger partial charge >= 0.3 is 5.97 Å². The Balaban J connectivity index is 2.88. The van der Waals surface area contributed by atoms with E-state index in [0.29, 0.717) is 5.76 Å². The Morgan fingerprint density at radius 2 is 1.88 bits per heavy atom. The summed E-state index contributed by atoms with van der Waals surface area (Å²) < 4.78 is 9.66. The number of ketones is 1. The molecule has 4 heteroatoms. The van der Waals surface area contributed by atoms with Crippen molar-refractivity contribution in [3.63, 3.8) is 0 Å². The molecule has 0 radical (unpaired) electrons. The first-order valence-corrected chi connectivity index (χ1v) is 5.21. The van der Waals surface area contributed by atoms with E-state index in [1.54, 1.807) is 19.1 Å². The number of rotatable bonds is 5. The average Bonchev–Trinajstić information content (AvgIpc) is 2.37. The van der Waals surface area contributed by atoms with Crippen molar-refractivity contribution in [1.82, 2.24) is 0 Å². The minimum atomic E-state index is -0.877. The summed E-state index contributed by atoms with van der Waals surface area (Å²) >= 11 is 0. The van der Waals surface area contributed by atoms with Crippen LogP contribution in [0.25, 0.3) is 5.76 Å². The molecule has 0 aliphatic carbocycles. The maximum Gasteiger partial charge on any atom is 0.379 e. The Labute approximate surface area is 99.8 Å². The van der Waals surface area contributed by atoms with E-state index < -0.39 is 11.8 Å². The van der Waals surface area contributed by atoms with Crippen LogP contribution in [0.2, 0.25) is 0 Å². The molecule has 0 amide bonds. The van der Waals surface area contributed by atoms with Crippen LogP contribution >= 0.6 is 0 Å². The minimum Gasteiger partial charge on any atom is -0.496 e. The van der Waals surface area contributed by atoms with Crippen molar-refractivity contribution in [2.75, 3.05) is 13.7 Å². The third-order valence-corrected chi connectivity index (χ3v) is 2.02. The first kappa shape index (κ1) is 13.0. The lowest BCUT2D eigenvalue weighted by Gasteiger charge is -2.05. The number of benzene rings is 1. The molecule has 0 unspecified atom stereocenters. The summed E-state index contributed by atoms with van der Waals surface area (Å²) in [5, 5.41) is 0. The maximum absolute atomic E-state index is 11.4. The first-order valence-electron chi connectivity index (χ1n) is 5.21. The topological polar surface area (TPSA) is 52.6 Å². The van der Waals surface area contributed by atoms with Crippen molar-refractivity contribution < 1.29 is 19.1 Å². The summed E-state index contributed by atoms with van der Waals surface area (Å²) in [6, 6.07) is 9.06. The van der Waals surface area contributed by atoms with E-state index in [-0.39, 0.29) is 6.61 Å². The summed E-state index contributed by atoms with van der Waals surface area (Å²) in [5.41, 5.74) is 0.729. The number of carbonyl (C=O) groups excluding carboxylic acids is 2. The zero-order chi connectivity index (χ0) is 12.7. The van der Waals surface area contributed by atoms with Crippen molar-refractivity contribution in [1.29, 1.82) is 0 Å². The van der Waals surface area contributed by atoms with Gasteiger partial charge in [0.2, 0.25) is 0 Å². The van der Waals surface area contributed by atoms with E-state index in [9.17, 15) is 9.59 Å². The number of esters is 1. The highest BCUT2D eigenvalue weighted by Gasteiger charge is 2.14. The molecule has 90 valence electrons. The lowest BCUT2D eigenvalue weighted by molar-refractivity contribution is -0.151. The Morgan fingerprint density at radius 1 is 1.24 bits per heavy atom. The number of hydrogen-bond acceptors (Lipinski definition) is 4. The third kappa shape index (κ3) is 3.75. The lowest BCUT2D eigenvalue weighted by atomic mass is 10.1. The molecule has 0 spiro atoms. The molecule has 0 saturated heterocycles. The highest BCUT2D eigenvalue weighted by atomic mass is 16.5. The number of carbonyl (C=O) groups is 2. The predicted octanol–water partition coefficient (Wildman–Crippen LogP) is 1.81. The highest BCUT2D eigenvalue weighted by Crippen LogP contribution is 2.14. The third-order valence-electron chi connectivity index (χ3n) is 2.02. The number of hydrogen-bond donors (Lipinski definition) is 0. The molecule has 0 aliphatic heterocycles. The number of ether oxygens (including phenoxy) is 2. The van der Waals surface area contributed by atoms with Crippen LogP contribution in [0, 0.1) is 0 Å². The van der Waals surface area contributed by atoms with Crippen LogP contribution in [0.4, 0.5) is 0 Å². The Hall–Kier alpha value is -2.10. The van der Waals surface area contributed by atoms with Crippen molar-refractivity contribution >= 4 is 17.5 Å². The molecule has 0 atom stereocenters. The Kier molecular flexibility index (Phi) is 4.94. The molecule has 0 bridgehead atoms. The second-order valence-corrected chi connectivity index (χ2v) is 3.16. The molecular weight excluding hydrogens is 220 g/mol. The zero-order valence-electron chi connectivity index (χ0n) is 9.80. The predicted molar refractivity (Wildman–Crippen MR) is 63.1 cm³/mol. The molecule has 1 aromatic rings. The maximum atomic E-state index is 11.4. The van der Waals surface area contributed by atoms with E-state index in [2.05, 4.69) is 4.74 Å². The van der Waals surface area contributed by atoms with Gasteiger partial charge in [-0.25, -0.2) is 4.79 Å². The summed E-state index contributed by atoms with van der Waals surface area (Å²) in [6.45, 7) is 1.81. The molecule has 17 heavy (non-hydrogen) atoms. The van der Waals surface area contributed by atoms with Gasteiger partial charge in [0, 0.05) is 11.6 Å². The molecule has 0 N–H and O–H groups in total. The summed E-state index contributed by atoms with van der Waals surface area (Å²) in [6.07, 6.45) is 1.13. The van der Waals surface area contributed by atoms with Gasteiger partial charge in [-0.1, -0.05) is 30.3 Å². The molecule has 1 aromatic carbocycles. The standard InChI is InChI=1S/C13H14O4/c1-3-17-13(15)11(14)9-12(16-2)10-7-5-4-6-8-10/h4-9H,3H2,1-2H3/b12-9-. The second kappa shape index (κ2) is 6.48. The lowest BCUT2D eigenvalue weighted by Crippen LogP contribution is -2.15. The summed E-state index contributed by atoms with van der Waals surface area (Å²) in [7, 11) is 1.44. The van der Waals surface area contributed by atoms with E-state index in [0.717, 1.165) is 11.6 Å². The van der Waals surface area contributed by atoms with E-state index in [1.807, 2.05) is 18.2 Å². The van der Waals surface area contributed by atoms with Gasteiger partial charge in [-0.05, 0) is 6.92 Å². The van der Waals surface area contributed by atoms with Gasteiger partial charge in [-0.15, -0.1) is 0 Å². The van der Waals surface area contributed by atoms with E-state index >= 15 is 0 Å². The molecule has 0 heterocycles. The van der Waals surface area contributed by atoms with Crippen LogP contribution in [-0.2, 0) is 19.1 Å². The fourth-order valence-electron chi connectivity index (χ4n) is 1.24. The zero-order valence-corrected chi connectivity index (χ0v) is 9.80. The van der Waals surface area contributed by atoms with Gasteiger partial charge in [-0.3, -0.25) is 4.79 Å². The van der Waals surface area contributed by atoms with Gasteiger partial charge in [-0.2, -0.15) is 0 Å². The van der Waals surface area contributed by atoms with Crippen LogP contribution < -0.4 is 0 Å². The van der Waals surface area contributed by atoms with Crippen molar-refractivity contribution in [3.8, 4) is 0 Å². The van der Waals surface area contributed by atoms with Gasteiger partial charge in [0.15, 0.2) is 0 Å². The van der Waals surface area contributed by atoms with Gasteiger partial charge < -0.3 is 9.47 Å². The van der Waals surface area contributed by atoms with Gasteiger partial charge in [0.25, 0.3) is 5.78 Å². The molecule has 0 aromatic heterocycles. The Morgan fingerprint density at radius 3 is 2.41 bits per heavy atom. The van der Waals surface area contributed by atoms with Crippen molar-refractivity contribution in [3.05, 3.63) is 42.0 Å². The highest BCUT2D eigenvalue weighted by molar-refractivity contribution is 6.39. The second-order valence-electron chi connectivity index (χ2n) is 3.16. The molecule has 0 fully saturated rings. The largest absolute Gasteiger partial charge is 0.496 e. The Bertz CT molecular complexity index is 420. The molecular formula is C13H14O4. The van der Waals surface area contributed by atoms with Gasteiger partial charge in [0.1, 0.15) is 5.76 Å². The van der Waals surface area contributed by atoms with Crippen molar-refractivity contribution in [2.24, 2.45) is 0 Å². The monoisotopic (exact) mass is 234 g/mol. The van der Waals surface area contributed by atoms with E-state index in [4.69, 9.17) is 4.74 Å². The first-order chi connectivity index (χ1) is 8.19. The van der Waals surface area contributed by atoms with Crippen molar-refractivity contribution in [2.45, 2.75) is 6.92 Å². The number of methoxy groups -OCH3 is 1. The molecule has 0 saturated carbocycles. The summed E-state index contributed by atoms with van der Waals surface area (Å²) in [5.74, 6) is -1.27.